The number of hydrogen-bond donors (Lipinski definition) is 2. The van der Waals surface area contributed by atoms with Crippen LogP contribution in [0, 0.1) is 5.92 Å². The molecule has 1 heterocycles. The third-order valence-electron chi connectivity index (χ3n) is 5.61. The predicted octanol–water partition coefficient (Wildman–Crippen LogP) is 2.63. The number of aromatic amines is 1. The van der Waals surface area contributed by atoms with E-state index in [2.05, 4.69) is 12.0 Å². The Balaban J connectivity index is 2.09. The van der Waals surface area contributed by atoms with Gasteiger partial charge in [0.05, 0.1) is 17.2 Å². The smallest absolute Gasteiger partial charge is 0.275 e. The highest BCUT2D eigenvalue weighted by atomic mass is 16.3. The molecule has 136 valence electrons. The fraction of sp³-hybridized carbons (Fsp3) is 0.632. The van der Waals surface area contributed by atoms with Crippen LogP contribution in [-0.2, 0) is 6.42 Å². The molecule has 0 radical (unpaired) electrons. The second-order valence-electron chi connectivity index (χ2n) is 7.13. The minimum Gasteiger partial charge on any atom is -0.503 e. The molecule has 1 aromatic carbocycles. The third-order valence-corrected chi connectivity index (χ3v) is 5.61. The third kappa shape index (κ3) is 2.87. The Morgan fingerprint density at radius 2 is 1.80 bits per heavy atom. The Morgan fingerprint density at radius 1 is 1.12 bits per heavy atom. The van der Waals surface area contributed by atoms with Crippen LogP contribution in [-0.4, -0.2) is 14.9 Å². The van der Waals surface area contributed by atoms with Crippen molar-refractivity contribution >= 4 is 0 Å². The number of aryl methyl sites for hydroxylation is 1. The SMILES string of the molecule is CCCCC(C1CCCC1)n1[nH]c(CC)c(-c2c(O)c(=O)c2=O)c1=O. The van der Waals surface area contributed by atoms with Crippen molar-refractivity contribution in [2.24, 2.45) is 5.92 Å². The Labute approximate surface area is 146 Å². The van der Waals surface area contributed by atoms with E-state index >= 15 is 0 Å². The van der Waals surface area contributed by atoms with Crippen molar-refractivity contribution in [1.82, 2.24) is 9.78 Å². The highest BCUT2D eigenvalue weighted by molar-refractivity contribution is 5.74. The molecule has 0 saturated heterocycles. The van der Waals surface area contributed by atoms with Gasteiger partial charge in [-0.1, -0.05) is 39.5 Å². The van der Waals surface area contributed by atoms with Gasteiger partial charge < -0.3 is 5.11 Å². The summed E-state index contributed by atoms with van der Waals surface area (Å²) in [5.41, 5.74) is -1.25. The van der Waals surface area contributed by atoms with Gasteiger partial charge in [0.15, 0.2) is 5.75 Å². The first-order valence-electron chi connectivity index (χ1n) is 9.37. The molecule has 0 bridgehead atoms. The molecule has 6 nitrogen and oxygen atoms in total. The quantitative estimate of drug-likeness (QED) is 0.754. The van der Waals surface area contributed by atoms with Crippen molar-refractivity contribution in [1.29, 1.82) is 0 Å². The molecular formula is C19H26N2O4. The van der Waals surface area contributed by atoms with Crippen LogP contribution >= 0.6 is 0 Å². The van der Waals surface area contributed by atoms with Crippen LogP contribution in [0.1, 0.15) is 70.5 Å². The Morgan fingerprint density at radius 3 is 2.36 bits per heavy atom. The van der Waals surface area contributed by atoms with E-state index in [-0.39, 0.29) is 22.7 Å². The summed E-state index contributed by atoms with van der Waals surface area (Å²) < 4.78 is 1.66. The molecule has 1 aromatic heterocycles. The number of H-pyrrole nitrogens is 1. The normalized spacial score (nSPS) is 16.7. The zero-order valence-corrected chi connectivity index (χ0v) is 14.9. The van der Waals surface area contributed by atoms with E-state index in [0.29, 0.717) is 18.0 Å². The van der Waals surface area contributed by atoms with Crippen molar-refractivity contribution in [2.75, 3.05) is 0 Å². The largest absolute Gasteiger partial charge is 0.503 e. The van der Waals surface area contributed by atoms with Gasteiger partial charge in [0.2, 0.25) is 5.43 Å². The minimum absolute atomic E-state index is 0.0858. The Hall–Kier alpha value is -2.11. The second kappa shape index (κ2) is 7.02. The maximum Gasteiger partial charge on any atom is 0.275 e. The molecule has 1 aliphatic carbocycles. The van der Waals surface area contributed by atoms with E-state index in [1.807, 2.05) is 6.92 Å². The summed E-state index contributed by atoms with van der Waals surface area (Å²) in [6.07, 6.45) is 8.15. The lowest BCUT2D eigenvalue weighted by Gasteiger charge is -2.24. The summed E-state index contributed by atoms with van der Waals surface area (Å²) in [6, 6.07) is 0.0858. The van der Waals surface area contributed by atoms with Crippen LogP contribution in [0.3, 0.4) is 0 Å². The number of nitrogens with one attached hydrogen (secondary N) is 1. The number of hydrogen-bond acceptors (Lipinski definition) is 4. The summed E-state index contributed by atoms with van der Waals surface area (Å²) in [5, 5.41) is 13.0. The van der Waals surface area contributed by atoms with E-state index in [1.54, 1.807) is 4.68 Å². The number of aromatic hydroxyl groups is 1. The molecular weight excluding hydrogens is 320 g/mol. The monoisotopic (exact) mass is 346 g/mol. The molecule has 0 amide bonds. The summed E-state index contributed by atoms with van der Waals surface area (Å²) in [5.74, 6) is -0.115. The van der Waals surface area contributed by atoms with E-state index < -0.39 is 16.6 Å². The van der Waals surface area contributed by atoms with E-state index in [1.165, 1.54) is 12.8 Å². The average Bonchev–Trinajstić information content (AvgIpc) is 3.25. The molecule has 1 saturated carbocycles. The highest BCUT2D eigenvalue weighted by Gasteiger charge is 2.32. The van der Waals surface area contributed by atoms with Gasteiger partial charge in [-0.05, 0) is 31.6 Å². The topological polar surface area (TPSA) is 92.2 Å². The lowest BCUT2D eigenvalue weighted by molar-refractivity contribution is 0.279. The Bertz CT molecular complexity index is 876. The van der Waals surface area contributed by atoms with Crippen molar-refractivity contribution in [3.05, 3.63) is 36.5 Å². The van der Waals surface area contributed by atoms with Crippen LogP contribution in [0.5, 0.6) is 5.75 Å². The number of rotatable bonds is 7. The molecule has 2 aromatic rings. The zero-order chi connectivity index (χ0) is 18.1. The minimum atomic E-state index is -0.900. The molecule has 1 fully saturated rings. The van der Waals surface area contributed by atoms with Crippen LogP contribution in [0.4, 0.5) is 0 Å². The molecule has 2 N–H and O–H groups in total. The first kappa shape index (κ1) is 17.7. The number of aromatic nitrogens is 2. The van der Waals surface area contributed by atoms with Crippen LogP contribution < -0.4 is 16.4 Å². The molecule has 1 unspecified atom stereocenters. The summed E-state index contributed by atoms with van der Waals surface area (Å²) in [6.45, 7) is 4.02. The first-order chi connectivity index (χ1) is 12.0. The van der Waals surface area contributed by atoms with E-state index in [4.69, 9.17) is 0 Å². The van der Waals surface area contributed by atoms with Crippen LogP contribution in [0.15, 0.2) is 14.4 Å². The van der Waals surface area contributed by atoms with Crippen molar-refractivity contribution in [2.45, 2.75) is 71.3 Å². The predicted molar refractivity (Wildman–Crippen MR) is 97.0 cm³/mol. The average molecular weight is 346 g/mol. The standard InChI is InChI=1S/C19H26N2O4/c1-3-5-10-13(11-8-6-7-9-11)21-19(25)14(12(4-2)20-21)15-16(22)18(24)17(15)23/h11,13,20,22H,3-10H2,1-2H3. The van der Waals surface area contributed by atoms with E-state index in [9.17, 15) is 19.5 Å². The molecule has 0 aliphatic heterocycles. The van der Waals surface area contributed by atoms with Crippen LogP contribution in [0.25, 0.3) is 11.1 Å². The molecule has 3 rings (SSSR count). The van der Waals surface area contributed by atoms with Crippen molar-refractivity contribution in [3.63, 3.8) is 0 Å². The molecule has 1 aliphatic rings. The first-order valence-corrected chi connectivity index (χ1v) is 9.37. The van der Waals surface area contributed by atoms with Gasteiger partial charge in [-0.2, -0.15) is 0 Å². The molecule has 1 atom stereocenters. The van der Waals surface area contributed by atoms with Gasteiger partial charge in [-0.15, -0.1) is 0 Å². The summed E-state index contributed by atoms with van der Waals surface area (Å²) in [4.78, 5) is 36.3. The van der Waals surface area contributed by atoms with Gasteiger partial charge in [-0.3, -0.25) is 19.5 Å². The van der Waals surface area contributed by atoms with Crippen molar-refractivity contribution in [3.8, 4) is 16.9 Å². The maximum atomic E-state index is 13.1. The van der Waals surface area contributed by atoms with Gasteiger partial charge in [0, 0.05) is 5.69 Å². The van der Waals surface area contributed by atoms with E-state index in [0.717, 1.165) is 32.1 Å². The fourth-order valence-corrected chi connectivity index (χ4v) is 4.19. The number of nitrogens with zero attached hydrogens (tertiary/aromatic N) is 1. The lowest BCUT2D eigenvalue weighted by Crippen LogP contribution is -2.34. The van der Waals surface area contributed by atoms with Gasteiger partial charge in [0.25, 0.3) is 11.0 Å². The second-order valence-corrected chi connectivity index (χ2v) is 7.13. The zero-order valence-electron chi connectivity index (χ0n) is 14.9. The fourth-order valence-electron chi connectivity index (χ4n) is 4.19. The van der Waals surface area contributed by atoms with Gasteiger partial charge in [-0.25, -0.2) is 4.68 Å². The molecule has 0 spiro atoms. The van der Waals surface area contributed by atoms with Crippen molar-refractivity contribution < 1.29 is 5.11 Å². The summed E-state index contributed by atoms with van der Waals surface area (Å²) in [7, 11) is 0. The molecule has 6 heteroatoms. The summed E-state index contributed by atoms with van der Waals surface area (Å²) >= 11 is 0. The lowest BCUT2D eigenvalue weighted by atomic mass is 9.93. The Kier molecular flexibility index (Phi) is 4.97. The molecule has 25 heavy (non-hydrogen) atoms. The highest BCUT2D eigenvalue weighted by Crippen LogP contribution is 2.37. The number of unbranched alkanes of at least 4 members (excludes halogenated alkanes) is 1. The van der Waals surface area contributed by atoms with Gasteiger partial charge >= 0.3 is 0 Å². The van der Waals surface area contributed by atoms with Gasteiger partial charge in [0.1, 0.15) is 0 Å². The van der Waals surface area contributed by atoms with Crippen LogP contribution in [0.2, 0.25) is 0 Å². The maximum absolute atomic E-state index is 13.1.